The number of carboxylic acids is 1. The minimum absolute atomic E-state index is 0.0547. The number of nitrogens with one attached hydrogen (secondary N) is 1. The number of halogens is 5. The normalized spacial score (nSPS) is 12.2. The van der Waals surface area contributed by atoms with Crippen LogP contribution in [0, 0.1) is 0 Å². The second kappa shape index (κ2) is 8.28. The standard InChI is InChI=1S/C10H14F5NO3S/c11-9(12,10(13,14)15)4-6-20-8(19)16-5-2-1-3-7(17)18/h1-6H2,(H,16,19)(H,17,18). The van der Waals surface area contributed by atoms with Gasteiger partial charge in [-0.15, -0.1) is 0 Å². The van der Waals surface area contributed by atoms with Crippen LogP contribution in [-0.4, -0.2) is 40.7 Å². The Kier molecular flexibility index (Phi) is 7.84. The molecule has 0 aromatic carbocycles. The van der Waals surface area contributed by atoms with E-state index >= 15 is 0 Å². The van der Waals surface area contributed by atoms with Gasteiger partial charge in [0.1, 0.15) is 0 Å². The minimum Gasteiger partial charge on any atom is -0.481 e. The number of thioether (sulfide) groups is 1. The molecule has 0 aliphatic rings. The van der Waals surface area contributed by atoms with Crippen LogP contribution in [-0.2, 0) is 4.79 Å². The Balaban J connectivity index is 3.72. The largest absolute Gasteiger partial charge is 0.481 e. The number of alkyl halides is 5. The summed E-state index contributed by atoms with van der Waals surface area (Å²) < 4.78 is 60.4. The molecule has 0 saturated heterocycles. The molecule has 2 N–H and O–H groups in total. The number of amides is 1. The highest BCUT2D eigenvalue weighted by Crippen LogP contribution is 2.38. The maximum Gasteiger partial charge on any atom is 0.453 e. The van der Waals surface area contributed by atoms with Gasteiger partial charge in [0, 0.05) is 25.1 Å². The molecule has 0 spiro atoms. The van der Waals surface area contributed by atoms with Gasteiger partial charge in [-0.25, -0.2) is 0 Å². The molecule has 0 atom stereocenters. The van der Waals surface area contributed by atoms with Crippen molar-refractivity contribution < 1.29 is 36.6 Å². The number of hydrogen-bond donors (Lipinski definition) is 2. The van der Waals surface area contributed by atoms with Crippen molar-refractivity contribution in [2.24, 2.45) is 0 Å². The lowest BCUT2D eigenvalue weighted by Gasteiger charge is -2.18. The maximum atomic E-state index is 12.5. The van der Waals surface area contributed by atoms with Crippen LogP contribution in [0.25, 0.3) is 0 Å². The zero-order valence-corrected chi connectivity index (χ0v) is 11.1. The van der Waals surface area contributed by atoms with E-state index in [1.807, 2.05) is 0 Å². The van der Waals surface area contributed by atoms with Gasteiger partial charge >= 0.3 is 18.1 Å². The van der Waals surface area contributed by atoms with Crippen molar-refractivity contribution in [2.75, 3.05) is 12.3 Å². The third-order valence-electron chi connectivity index (χ3n) is 2.15. The summed E-state index contributed by atoms with van der Waals surface area (Å²) in [4.78, 5) is 21.2. The van der Waals surface area contributed by atoms with Crippen LogP contribution in [0.1, 0.15) is 25.7 Å². The summed E-state index contributed by atoms with van der Waals surface area (Å²) in [5.74, 6) is -6.44. The van der Waals surface area contributed by atoms with Gasteiger partial charge in [0.2, 0.25) is 0 Å². The van der Waals surface area contributed by atoms with Gasteiger partial charge in [-0.2, -0.15) is 22.0 Å². The molecule has 10 heteroatoms. The van der Waals surface area contributed by atoms with E-state index in [1.54, 1.807) is 0 Å². The number of hydrogen-bond acceptors (Lipinski definition) is 3. The van der Waals surface area contributed by atoms with Crippen molar-refractivity contribution in [1.82, 2.24) is 5.32 Å². The number of unbranched alkanes of at least 4 members (excludes halogenated alkanes) is 1. The maximum absolute atomic E-state index is 12.5. The summed E-state index contributed by atoms with van der Waals surface area (Å²) in [5.41, 5.74) is 0. The molecule has 20 heavy (non-hydrogen) atoms. The molecule has 0 aromatic rings. The predicted octanol–water partition coefficient (Wildman–Crippen LogP) is 3.27. The lowest BCUT2D eigenvalue weighted by Crippen LogP contribution is -2.37. The Morgan fingerprint density at radius 2 is 1.70 bits per heavy atom. The zero-order chi connectivity index (χ0) is 15.8. The van der Waals surface area contributed by atoms with E-state index in [-0.39, 0.29) is 13.0 Å². The molecule has 1 amide bonds. The van der Waals surface area contributed by atoms with Gasteiger partial charge in [0.15, 0.2) is 0 Å². The molecular weight excluding hydrogens is 309 g/mol. The molecule has 0 unspecified atom stereocenters. The van der Waals surface area contributed by atoms with Crippen molar-refractivity contribution in [1.29, 1.82) is 0 Å². The molecule has 0 aromatic heterocycles. The van der Waals surface area contributed by atoms with Gasteiger partial charge in [0.25, 0.3) is 5.24 Å². The topological polar surface area (TPSA) is 66.4 Å². The molecule has 0 saturated carbocycles. The molecule has 4 nitrogen and oxygen atoms in total. The number of carbonyl (C=O) groups is 2. The molecule has 0 aliphatic heterocycles. The first kappa shape index (κ1) is 18.9. The molecule has 0 rings (SSSR count). The van der Waals surface area contributed by atoms with E-state index in [0.29, 0.717) is 24.6 Å². The van der Waals surface area contributed by atoms with E-state index in [0.717, 1.165) is 0 Å². The average Bonchev–Trinajstić information content (AvgIpc) is 2.26. The first-order chi connectivity index (χ1) is 9.06. The summed E-state index contributed by atoms with van der Waals surface area (Å²) in [7, 11) is 0. The summed E-state index contributed by atoms with van der Waals surface area (Å²) in [5, 5.41) is 9.90. The number of carboxylic acid groups (broad SMARTS) is 1. The van der Waals surface area contributed by atoms with Crippen molar-refractivity contribution in [3.8, 4) is 0 Å². The fourth-order valence-corrected chi connectivity index (χ4v) is 1.80. The van der Waals surface area contributed by atoms with Crippen molar-refractivity contribution in [2.45, 2.75) is 37.8 Å². The van der Waals surface area contributed by atoms with Crippen LogP contribution in [0.5, 0.6) is 0 Å². The molecule has 0 radical (unpaired) electrons. The van der Waals surface area contributed by atoms with Crippen molar-refractivity contribution >= 4 is 23.0 Å². The third kappa shape index (κ3) is 8.18. The highest BCUT2D eigenvalue weighted by Gasteiger charge is 2.56. The number of carbonyl (C=O) groups excluding carboxylic acids is 1. The quantitative estimate of drug-likeness (QED) is 0.531. The first-order valence-corrected chi connectivity index (χ1v) is 6.62. The molecule has 0 aliphatic carbocycles. The van der Waals surface area contributed by atoms with Crippen LogP contribution in [0.2, 0.25) is 0 Å². The number of rotatable bonds is 8. The van der Waals surface area contributed by atoms with E-state index in [9.17, 15) is 31.5 Å². The highest BCUT2D eigenvalue weighted by atomic mass is 32.2. The van der Waals surface area contributed by atoms with Gasteiger partial charge in [-0.1, -0.05) is 11.8 Å². The van der Waals surface area contributed by atoms with Gasteiger partial charge < -0.3 is 10.4 Å². The lowest BCUT2D eigenvalue weighted by molar-refractivity contribution is -0.282. The third-order valence-corrected chi connectivity index (χ3v) is 2.97. The lowest BCUT2D eigenvalue weighted by atomic mass is 10.2. The van der Waals surface area contributed by atoms with Crippen LogP contribution >= 0.6 is 11.8 Å². The van der Waals surface area contributed by atoms with Crippen molar-refractivity contribution in [3.63, 3.8) is 0 Å². The summed E-state index contributed by atoms with van der Waals surface area (Å²) >= 11 is 0.337. The molecule has 118 valence electrons. The zero-order valence-electron chi connectivity index (χ0n) is 10.3. The predicted molar refractivity (Wildman–Crippen MR) is 63.0 cm³/mol. The molecular formula is C10H14F5NO3S. The van der Waals surface area contributed by atoms with Gasteiger partial charge in [0.05, 0.1) is 0 Å². The summed E-state index contributed by atoms with van der Waals surface area (Å²) in [6.07, 6.45) is -6.40. The van der Waals surface area contributed by atoms with Crippen molar-refractivity contribution in [3.05, 3.63) is 0 Å². The fraction of sp³-hybridized carbons (Fsp3) is 0.800. The molecule has 0 heterocycles. The smallest absolute Gasteiger partial charge is 0.453 e. The molecule has 0 bridgehead atoms. The summed E-state index contributed by atoms with van der Waals surface area (Å²) in [6, 6.07) is 0. The highest BCUT2D eigenvalue weighted by molar-refractivity contribution is 8.13. The average molecular weight is 323 g/mol. The Labute approximate surface area is 116 Å². The van der Waals surface area contributed by atoms with Gasteiger partial charge in [-0.05, 0) is 12.8 Å². The SMILES string of the molecule is O=C(O)CCCCNC(=O)SCCC(F)(F)C(F)(F)F. The van der Waals surface area contributed by atoms with Crippen LogP contribution < -0.4 is 5.32 Å². The first-order valence-electron chi connectivity index (χ1n) is 5.63. The Hall–Kier alpha value is -1.06. The fourth-order valence-electron chi connectivity index (χ4n) is 1.06. The van der Waals surface area contributed by atoms with E-state index in [4.69, 9.17) is 5.11 Å². The Morgan fingerprint density at radius 3 is 2.20 bits per heavy atom. The monoisotopic (exact) mass is 323 g/mol. The second-order valence-corrected chi connectivity index (χ2v) is 4.93. The van der Waals surface area contributed by atoms with Gasteiger partial charge in [-0.3, -0.25) is 9.59 Å². The summed E-state index contributed by atoms with van der Waals surface area (Å²) in [6.45, 7) is 0.148. The van der Waals surface area contributed by atoms with E-state index in [2.05, 4.69) is 5.32 Å². The van der Waals surface area contributed by atoms with Crippen LogP contribution in [0.15, 0.2) is 0 Å². The van der Waals surface area contributed by atoms with Crippen LogP contribution in [0.3, 0.4) is 0 Å². The Bertz CT molecular complexity index is 335. The van der Waals surface area contributed by atoms with E-state index in [1.165, 1.54) is 0 Å². The Morgan fingerprint density at radius 1 is 1.10 bits per heavy atom. The van der Waals surface area contributed by atoms with Crippen LogP contribution in [0.4, 0.5) is 26.7 Å². The number of aliphatic carboxylic acids is 1. The molecule has 0 fully saturated rings. The second-order valence-electron chi connectivity index (χ2n) is 3.87. The minimum atomic E-state index is -5.61. The van der Waals surface area contributed by atoms with E-state index < -0.39 is 35.5 Å².